The van der Waals surface area contributed by atoms with Crippen LogP contribution in [0, 0.1) is 5.82 Å². The summed E-state index contributed by atoms with van der Waals surface area (Å²) in [6, 6.07) is 7.04. The van der Waals surface area contributed by atoms with E-state index in [9.17, 15) is 9.18 Å². The second kappa shape index (κ2) is 9.43. The number of likely N-dealkylation sites (N-methyl/N-ethyl adjacent to an activating group) is 1. The Morgan fingerprint density at radius 2 is 1.91 bits per heavy atom. The number of piperazine rings is 1. The highest BCUT2D eigenvalue weighted by Crippen LogP contribution is 2.35. The van der Waals surface area contributed by atoms with E-state index in [1.165, 1.54) is 25.3 Å². The molecule has 1 aliphatic carbocycles. The van der Waals surface area contributed by atoms with Crippen molar-refractivity contribution < 1.29 is 9.18 Å². The molecule has 7 nitrogen and oxygen atoms in total. The summed E-state index contributed by atoms with van der Waals surface area (Å²) in [6.07, 6.45) is 10.7. The maximum absolute atomic E-state index is 14.9. The van der Waals surface area contributed by atoms with Gasteiger partial charge in [0.15, 0.2) is 0 Å². The molecule has 2 aliphatic rings. The van der Waals surface area contributed by atoms with E-state index in [-0.39, 0.29) is 11.4 Å². The van der Waals surface area contributed by atoms with Crippen LogP contribution in [0.5, 0.6) is 0 Å². The third-order valence-electron chi connectivity index (χ3n) is 7.78. The fraction of sp³-hybridized carbons (Fsp3) is 0.500. The average molecular weight is 465 g/mol. The summed E-state index contributed by atoms with van der Waals surface area (Å²) in [5.41, 5.74) is 0.859. The number of benzene rings is 1. The number of rotatable bonds is 5. The lowest BCUT2D eigenvalue weighted by Gasteiger charge is -2.51. The Bertz CT molecular complexity index is 1160. The van der Waals surface area contributed by atoms with Crippen molar-refractivity contribution >= 4 is 16.8 Å². The molecule has 0 radical (unpaired) electrons. The van der Waals surface area contributed by atoms with Crippen molar-refractivity contribution in [3.63, 3.8) is 0 Å². The molecule has 180 valence electrons. The Kier molecular flexibility index (Phi) is 6.36. The maximum Gasteiger partial charge on any atom is 0.253 e. The fourth-order valence-corrected chi connectivity index (χ4v) is 5.63. The number of amides is 1. The average Bonchev–Trinajstić information content (AvgIpc) is 3.26. The van der Waals surface area contributed by atoms with Crippen LogP contribution in [-0.4, -0.2) is 75.0 Å². The van der Waals surface area contributed by atoms with E-state index in [1.54, 1.807) is 41.4 Å². The SMILES string of the molecule is C[C@H]1CN(C2(CNC(=O)c3cn(-c4ncccn4)c4cccc(F)c34)CCCCC2)CCN1C. The lowest BCUT2D eigenvalue weighted by atomic mass is 9.79. The van der Waals surface area contributed by atoms with Crippen LogP contribution in [0.2, 0.25) is 0 Å². The second-order valence-electron chi connectivity index (χ2n) is 9.84. The van der Waals surface area contributed by atoms with E-state index in [0.29, 0.717) is 35.0 Å². The second-order valence-corrected chi connectivity index (χ2v) is 9.84. The molecule has 1 saturated carbocycles. The van der Waals surface area contributed by atoms with Crippen molar-refractivity contribution in [3.8, 4) is 5.95 Å². The molecule has 1 saturated heterocycles. The van der Waals surface area contributed by atoms with Gasteiger partial charge in [-0.15, -0.1) is 0 Å². The van der Waals surface area contributed by atoms with Gasteiger partial charge >= 0.3 is 0 Å². The molecule has 34 heavy (non-hydrogen) atoms. The molecule has 0 spiro atoms. The standard InChI is InChI=1S/C26H33FN6O/c1-19-16-32(15-14-31(19)2)26(10-4-3-5-11-26)18-30-24(34)20-17-33(25-28-12-7-13-29-25)22-9-6-8-21(27)23(20)22/h6-9,12-13,17,19H,3-5,10-11,14-16,18H2,1-2H3,(H,30,34)/t19-/m0/s1. The van der Waals surface area contributed by atoms with Gasteiger partial charge in [0.25, 0.3) is 5.91 Å². The first-order chi connectivity index (χ1) is 16.5. The zero-order chi connectivity index (χ0) is 23.7. The molecule has 1 aliphatic heterocycles. The van der Waals surface area contributed by atoms with Gasteiger partial charge in [-0.25, -0.2) is 14.4 Å². The first kappa shape index (κ1) is 22.9. The largest absolute Gasteiger partial charge is 0.350 e. The molecule has 0 unspecified atom stereocenters. The van der Waals surface area contributed by atoms with E-state index in [4.69, 9.17) is 0 Å². The summed E-state index contributed by atoms with van der Waals surface area (Å²) >= 11 is 0. The molecule has 0 bridgehead atoms. The van der Waals surface area contributed by atoms with E-state index in [0.717, 1.165) is 32.5 Å². The molecular weight excluding hydrogens is 431 g/mol. The molecule has 1 N–H and O–H groups in total. The van der Waals surface area contributed by atoms with Crippen LogP contribution in [0.25, 0.3) is 16.9 Å². The Morgan fingerprint density at radius 3 is 2.65 bits per heavy atom. The van der Waals surface area contributed by atoms with E-state index < -0.39 is 5.82 Å². The number of hydrogen-bond acceptors (Lipinski definition) is 5. The molecule has 3 aromatic rings. The van der Waals surface area contributed by atoms with Gasteiger partial charge in [0.2, 0.25) is 5.95 Å². The predicted octanol–water partition coefficient (Wildman–Crippen LogP) is 3.63. The van der Waals surface area contributed by atoms with Crippen LogP contribution >= 0.6 is 0 Å². The first-order valence-corrected chi connectivity index (χ1v) is 12.3. The molecule has 1 aromatic carbocycles. The van der Waals surface area contributed by atoms with Gasteiger partial charge in [-0.2, -0.15) is 0 Å². The van der Waals surface area contributed by atoms with Gasteiger partial charge in [-0.05, 0) is 45.0 Å². The Balaban J connectivity index is 1.43. The monoisotopic (exact) mass is 464 g/mol. The number of carbonyl (C=O) groups is 1. The highest BCUT2D eigenvalue weighted by atomic mass is 19.1. The lowest BCUT2D eigenvalue weighted by Crippen LogP contribution is -2.63. The minimum Gasteiger partial charge on any atom is -0.350 e. The number of hydrogen-bond donors (Lipinski definition) is 1. The van der Waals surface area contributed by atoms with Crippen LogP contribution in [-0.2, 0) is 0 Å². The van der Waals surface area contributed by atoms with Crippen molar-refractivity contribution in [1.82, 2.24) is 29.7 Å². The van der Waals surface area contributed by atoms with Crippen molar-refractivity contribution in [2.75, 3.05) is 33.2 Å². The van der Waals surface area contributed by atoms with Gasteiger partial charge in [-0.3, -0.25) is 14.3 Å². The van der Waals surface area contributed by atoms with Crippen LogP contribution in [0.3, 0.4) is 0 Å². The molecule has 3 heterocycles. The normalized spacial score (nSPS) is 21.6. The number of halogens is 1. The molecule has 2 aromatic heterocycles. The summed E-state index contributed by atoms with van der Waals surface area (Å²) in [7, 11) is 2.18. The minimum absolute atomic E-state index is 0.0388. The quantitative estimate of drug-likeness (QED) is 0.625. The number of aromatic nitrogens is 3. The molecule has 2 fully saturated rings. The van der Waals surface area contributed by atoms with Crippen molar-refractivity contribution in [2.45, 2.75) is 50.6 Å². The van der Waals surface area contributed by atoms with Gasteiger partial charge in [-0.1, -0.05) is 25.3 Å². The summed E-state index contributed by atoms with van der Waals surface area (Å²) < 4.78 is 16.6. The van der Waals surface area contributed by atoms with Gasteiger partial charge < -0.3 is 10.2 Å². The summed E-state index contributed by atoms with van der Waals surface area (Å²) in [6.45, 7) is 5.89. The smallest absolute Gasteiger partial charge is 0.253 e. The topological polar surface area (TPSA) is 66.3 Å². The van der Waals surface area contributed by atoms with E-state index in [1.807, 2.05) is 0 Å². The molecule has 1 amide bonds. The zero-order valence-corrected chi connectivity index (χ0v) is 20.0. The van der Waals surface area contributed by atoms with Gasteiger partial charge in [0.05, 0.1) is 11.1 Å². The first-order valence-electron chi connectivity index (χ1n) is 12.3. The van der Waals surface area contributed by atoms with E-state index >= 15 is 0 Å². The van der Waals surface area contributed by atoms with Crippen molar-refractivity contribution in [2.24, 2.45) is 0 Å². The lowest BCUT2D eigenvalue weighted by molar-refractivity contribution is -0.00628. The Hall–Kier alpha value is -2.84. The number of carbonyl (C=O) groups excluding carboxylic acids is 1. The van der Waals surface area contributed by atoms with Gasteiger partial charge in [0, 0.05) is 61.7 Å². The number of nitrogens with one attached hydrogen (secondary N) is 1. The Morgan fingerprint density at radius 1 is 1.15 bits per heavy atom. The number of fused-ring (bicyclic) bond motifs is 1. The molecule has 8 heteroatoms. The highest BCUT2D eigenvalue weighted by molar-refractivity contribution is 6.07. The molecular formula is C26H33FN6O. The van der Waals surface area contributed by atoms with Crippen molar-refractivity contribution in [1.29, 1.82) is 0 Å². The third kappa shape index (κ3) is 4.20. The molecule has 1 atom stereocenters. The summed E-state index contributed by atoms with van der Waals surface area (Å²) in [4.78, 5) is 27.1. The predicted molar refractivity (Wildman–Crippen MR) is 131 cm³/mol. The molecule has 5 rings (SSSR count). The van der Waals surface area contributed by atoms with Crippen LogP contribution in [0.1, 0.15) is 49.4 Å². The van der Waals surface area contributed by atoms with Crippen LogP contribution in [0.4, 0.5) is 4.39 Å². The number of nitrogens with zero attached hydrogens (tertiary/aromatic N) is 5. The van der Waals surface area contributed by atoms with Gasteiger partial charge in [0.1, 0.15) is 5.82 Å². The fourth-order valence-electron chi connectivity index (χ4n) is 5.63. The van der Waals surface area contributed by atoms with Crippen molar-refractivity contribution in [3.05, 3.63) is 54.2 Å². The zero-order valence-electron chi connectivity index (χ0n) is 20.0. The van der Waals surface area contributed by atoms with Crippen LogP contribution < -0.4 is 5.32 Å². The minimum atomic E-state index is -0.419. The van der Waals surface area contributed by atoms with E-state index in [2.05, 4.69) is 39.1 Å². The van der Waals surface area contributed by atoms with Crippen LogP contribution in [0.15, 0.2) is 42.9 Å². The third-order valence-corrected chi connectivity index (χ3v) is 7.78. The highest BCUT2D eigenvalue weighted by Gasteiger charge is 2.40. The summed E-state index contributed by atoms with van der Waals surface area (Å²) in [5.74, 6) is -0.262. The Labute approximate surface area is 200 Å². The summed E-state index contributed by atoms with van der Waals surface area (Å²) in [5, 5.41) is 3.51. The maximum atomic E-state index is 14.9.